The second-order valence-electron chi connectivity index (χ2n) is 4.09. The molecule has 0 aliphatic rings. The molecule has 0 aromatic heterocycles. The molecule has 1 aromatic rings. The van der Waals surface area contributed by atoms with Crippen molar-refractivity contribution in [3.05, 3.63) is 23.8 Å². The number of hydrogen-bond donors (Lipinski definition) is 3. The van der Waals surface area contributed by atoms with Crippen LogP contribution in [0, 0.1) is 0 Å². The molecule has 0 fully saturated rings. The molecule has 0 saturated heterocycles. The highest BCUT2D eigenvalue weighted by Crippen LogP contribution is 2.24. The topological polar surface area (TPSA) is 75.4 Å². The van der Waals surface area contributed by atoms with Gasteiger partial charge in [0.2, 0.25) is 5.91 Å². The first kappa shape index (κ1) is 13.5. The Bertz CT molecular complexity index is 391. The molecule has 1 amide bonds. The molecule has 1 atom stereocenters. The zero-order valence-corrected chi connectivity index (χ0v) is 10.4. The van der Waals surface area contributed by atoms with Crippen molar-refractivity contribution >= 4 is 11.6 Å². The smallest absolute Gasteiger partial charge is 0.241 e. The highest BCUT2D eigenvalue weighted by molar-refractivity contribution is 5.95. The fraction of sp³-hybridized carbons (Fsp3) is 0.462. The first-order valence-electron chi connectivity index (χ1n) is 5.96. The predicted octanol–water partition coefficient (Wildman–Crippen LogP) is 2.02. The third-order valence-electron chi connectivity index (χ3n) is 2.66. The van der Waals surface area contributed by atoms with Gasteiger partial charge in [0.1, 0.15) is 5.75 Å². The van der Waals surface area contributed by atoms with Gasteiger partial charge in [-0.25, -0.2) is 0 Å². The summed E-state index contributed by atoms with van der Waals surface area (Å²) in [5, 5.41) is 12.3. The maximum Gasteiger partial charge on any atom is 0.241 e. The molecule has 0 aliphatic heterocycles. The Morgan fingerprint density at radius 1 is 1.47 bits per heavy atom. The SMILES string of the molecule is CCCC(N)C(=O)Nc1cc(CC)ccc1O. The average Bonchev–Trinajstić information content (AvgIpc) is 2.32. The van der Waals surface area contributed by atoms with E-state index in [9.17, 15) is 9.90 Å². The molecule has 4 N–H and O–H groups in total. The fourth-order valence-electron chi connectivity index (χ4n) is 1.57. The van der Waals surface area contributed by atoms with Crippen molar-refractivity contribution < 1.29 is 9.90 Å². The molecular weight excluding hydrogens is 216 g/mol. The number of benzene rings is 1. The predicted molar refractivity (Wildman–Crippen MR) is 69.0 cm³/mol. The molecule has 1 unspecified atom stereocenters. The van der Waals surface area contributed by atoms with Crippen molar-refractivity contribution in [2.24, 2.45) is 5.73 Å². The first-order chi connectivity index (χ1) is 8.08. The average molecular weight is 236 g/mol. The van der Waals surface area contributed by atoms with Crippen LogP contribution in [-0.4, -0.2) is 17.1 Å². The number of carbonyl (C=O) groups is 1. The number of hydrogen-bond acceptors (Lipinski definition) is 3. The molecule has 0 saturated carbocycles. The minimum atomic E-state index is -0.523. The number of phenolic OH excluding ortho intramolecular Hbond substituents is 1. The lowest BCUT2D eigenvalue weighted by Crippen LogP contribution is -2.35. The molecule has 0 radical (unpaired) electrons. The maximum absolute atomic E-state index is 11.7. The Labute approximate surface area is 102 Å². The van der Waals surface area contributed by atoms with Crippen LogP contribution in [0.5, 0.6) is 5.75 Å². The van der Waals surface area contributed by atoms with Crippen molar-refractivity contribution in [2.45, 2.75) is 39.2 Å². The number of nitrogens with one attached hydrogen (secondary N) is 1. The second-order valence-corrected chi connectivity index (χ2v) is 4.09. The normalized spacial score (nSPS) is 12.2. The van der Waals surface area contributed by atoms with Gasteiger partial charge in [-0.15, -0.1) is 0 Å². The van der Waals surface area contributed by atoms with E-state index in [0.717, 1.165) is 18.4 Å². The van der Waals surface area contributed by atoms with E-state index in [-0.39, 0.29) is 11.7 Å². The fourth-order valence-corrected chi connectivity index (χ4v) is 1.57. The van der Waals surface area contributed by atoms with Gasteiger partial charge in [-0.3, -0.25) is 4.79 Å². The molecule has 4 nitrogen and oxygen atoms in total. The summed E-state index contributed by atoms with van der Waals surface area (Å²) in [4.78, 5) is 11.7. The van der Waals surface area contributed by atoms with E-state index in [0.29, 0.717) is 12.1 Å². The Balaban J connectivity index is 2.76. The van der Waals surface area contributed by atoms with Gasteiger partial charge in [0.25, 0.3) is 0 Å². The van der Waals surface area contributed by atoms with Gasteiger partial charge >= 0.3 is 0 Å². The Morgan fingerprint density at radius 3 is 2.76 bits per heavy atom. The summed E-state index contributed by atoms with van der Waals surface area (Å²) in [6.45, 7) is 3.99. The number of anilines is 1. The van der Waals surface area contributed by atoms with Crippen molar-refractivity contribution in [3.8, 4) is 5.75 Å². The third kappa shape index (κ3) is 3.75. The molecule has 94 valence electrons. The van der Waals surface area contributed by atoms with E-state index < -0.39 is 6.04 Å². The summed E-state index contributed by atoms with van der Waals surface area (Å²) in [5.41, 5.74) is 7.19. The molecule has 1 aromatic carbocycles. The van der Waals surface area contributed by atoms with Crippen molar-refractivity contribution in [3.63, 3.8) is 0 Å². The Kier molecular flexibility index (Phi) is 4.97. The van der Waals surface area contributed by atoms with Gasteiger partial charge in [0, 0.05) is 0 Å². The van der Waals surface area contributed by atoms with Crippen molar-refractivity contribution in [1.82, 2.24) is 0 Å². The van der Waals surface area contributed by atoms with E-state index in [1.54, 1.807) is 12.1 Å². The summed E-state index contributed by atoms with van der Waals surface area (Å²) < 4.78 is 0. The van der Waals surface area contributed by atoms with Crippen LogP contribution in [0.2, 0.25) is 0 Å². The lowest BCUT2D eigenvalue weighted by atomic mass is 10.1. The van der Waals surface area contributed by atoms with E-state index in [1.165, 1.54) is 0 Å². The summed E-state index contributed by atoms with van der Waals surface area (Å²) >= 11 is 0. The molecule has 0 spiro atoms. The number of amides is 1. The van der Waals surface area contributed by atoms with Gasteiger partial charge in [0.05, 0.1) is 11.7 Å². The lowest BCUT2D eigenvalue weighted by molar-refractivity contribution is -0.117. The van der Waals surface area contributed by atoms with Crippen molar-refractivity contribution in [1.29, 1.82) is 0 Å². The number of nitrogens with two attached hydrogens (primary N) is 1. The van der Waals surface area contributed by atoms with Crippen LogP contribution in [0.3, 0.4) is 0 Å². The van der Waals surface area contributed by atoms with Crippen LogP contribution < -0.4 is 11.1 Å². The zero-order chi connectivity index (χ0) is 12.8. The lowest BCUT2D eigenvalue weighted by Gasteiger charge is -2.13. The molecule has 0 aliphatic carbocycles. The first-order valence-corrected chi connectivity index (χ1v) is 5.96. The summed E-state index contributed by atoms with van der Waals surface area (Å²) in [6.07, 6.45) is 2.35. The van der Waals surface area contributed by atoms with Crippen LogP contribution in [0.15, 0.2) is 18.2 Å². The Hall–Kier alpha value is -1.55. The van der Waals surface area contributed by atoms with Crippen LogP contribution in [0.1, 0.15) is 32.3 Å². The van der Waals surface area contributed by atoms with Gasteiger partial charge in [-0.05, 0) is 30.5 Å². The Morgan fingerprint density at radius 2 is 2.18 bits per heavy atom. The zero-order valence-electron chi connectivity index (χ0n) is 10.4. The maximum atomic E-state index is 11.7. The van der Waals surface area contributed by atoms with E-state index in [1.807, 2.05) is 19.9 Å². The monoisotopic (exact) mass is 236 g/mol. The van der Waals surface area contributed by atoms with E-state index >= 15 is 0 Å². The quantitative estimate of drug-likeness (QED) is 0.685. The van der Waals surface area contributed by atoms with Crippen LogP contribution in [0.25, 0.3) is 0 Å². The summed E-state index contributed by atoms with van der Waals surface area (Å²) in [6, 6.07) is 4.66. The summed E-state index contributed by atoms with van der Waals surface area (Å²) in [7, 11) is 0. The largest absolute Gasteiger partial charge is 0.506 e. The van der Waals surface area contributed by atoms with E-state index in [2.05, 4.69) is 5.32 Å². The van der Waals surface area contributed by atoms with Gasteiger partial charge in [-0.1, -0.05) is 26.3 Å². The number of carbonyl (C=O) groups excluding carboxylic acids is 1. The molecule has 1 rings (SSSR count). The molecular formula is C13H20N2O2. The molecule has 0 bridgehead atoms. The van der Waals surface area contributed by atoms with Crippen LogP contribution >= 0.6 is 0 Å². The van der Waals surface area contributed by atoms with E-state index in [4.69, 9.17) is 5.73 Å². The molecule has 0 heterocycles. The van der Waals surface area contributed by atoms with Crippen LogP contribution in [-0.2, 0) is 11.2 Å². The van der Waals surface area contributed by atoms with Crippen molar-refractivity contribution in [2.75, 3.05) is 5.32 Å². The number of aryl methyl sites for hydroxylation is 1. The minimum Gasteiger partial charge on any atom is -0.506 e. The second kappa shape index (κ2) is 6.25. The van der Waals surface area contributed by atoms with Gasteiger partial charge in [-0.2, -0.15) is 0 Å². The molecule has 17 heavy (non-hydrogen) atoms. The van der Waals surface area contributed by atoms with Gasteiger partial charge < -0.3 is 16.2 Å². The third-order valence-corrected chi connectivity index (χ3v) is 2.66. The highest BCUT2D eigenvalue weighted by Gasteiger charge is 2.14. The minimum absolute atomic E-state index is 0.0687. The van der Waals surface area contributed by atoms with Gasteiger partial charge in [0.15, 0.2) is 0 Å². The summed E-state index contributed by atoms with van der Waals surface area (Å²) in [5.74, 6) is -0.186. The highest BCUT2D eigenvalue weighted by atomic mass is 16.3. The molecule has 4 heteroatoms. The standard InChI is InChI=1S/C13H20N2O2/c1-3-5-10(14)13(17)15-11-8-9(4-2)6-7-12(11)16/h6-8,10,16H,3-5,14H2,1-2H3,(H,15,17). The number of aromatic hydroxyl groups is 1. The van der Waals surface area contributed by atoms with Crippen LogP contribution in [0.4, 0.5) is 5.69 Å². The number of phenols is 1. The number of rotatable bonds is 5.